The fourth-order valence-electron chi connectivity index (χ4n) is 8.31. The third kappa shape index (κ3) is 12.3. The number of aromatic carboxylic acids is 1. The quantitative estimate of drug-likeness (QED) is 0.149. The summed E-state index contributed by atoms with van der Waals surface area (Å²) in [5.41, 5.74) is 0.870. The van der Waals surface area contributed by atoms with Crippen LogP contribution in [0.1, 0.15) is 101 Å². The number of carbonyl (C=O) groups is 5. The van der Waals surface area contributed by atoms with Crippen molar-refractivity contribution in [3.63, 3.8) is 0 Å². The summed E-state index contributed by atoms with van der Waals surface area (Å²) in [6, 6.07) is 6.95. The predicted octanol–water partition coefficient (Wildman–Crippen LogP) is 4.89. The van der Waals surface area contributed by atoms with Crippen LogP contribution in [0.5, 0.6) is 0 Å². The minimum absolute atomic E-state index is 0.000499. The van der Waals surface area contributed by atoms with Gasteiger partial charge in [-0.15, -0.1) is 11.3 Å². The molecule has 15 heteroatoms. The number of methoxy groups -OCH3 is 2. The fraction of sp³-hybridized carbons (Fsp3) is 0.674. The Balaban J connectivity index is 1.82. The van der Waals surface area contributed by atoms with E-state index in [-0.39, 0.29) is 53.5 Å². The highest BCUT2D eigenvalue weighted by Crippen LogP contribution is 2.31. The highest BCUT2D eigenvalue weighted by atomic mass is 32.1. The van der Waals surface area contributed by atoms with Crippen LogP contribution in [0.3, 0.4) is 0 Å². The molecular formula is C43H68N6O8S. The number of thiazole rings is 1. The molecule has 0 bridgehead atoms. The van der Waals surface area contributed by atoms with Gasteiger partial charge in [0, 0.05) is 33.2 Å². The first-order valence-electron chi connectivity index (χ1n) is 20.5. The maximum atomic E-state index is 14.3. The molecule has 1 aromatic carbocycles. The summed E-state index contributed by atoms with van der Waals surface area (Å²) >= 11 is 1.18. The van der Waals surface area contributed by atoms with Crippen LogP contribution < -0.4 is 10.6 Å². The van der Waals surface area contributed by atoms with Crippen molar-refractivity contribution in [2.45, 2.75) is 123 Å². The lowest BCUT2D eigenvalue weighted by Crippen LogP contribution is -2.59. The summed E-state index contributed by atoms with van der Waals surface area (Å²) in [7, 11) is 8.52. The third-order valence-corrected chi connectivity index (χ3v) is 12.5. The molecule has 0 saturated carbocycles. The van der Waals surface area contributed by atoms with Gasteiger partial charge in [0.2, 0.25) is 23.6 Å². The van der Waals surface area contributed by atoms with E-state index in [2.05, 4.69) is 15.6 Å². The molecule has 58 heavy (non-hydrogen) atoms. The normalized spacial score (nSPS) is 18.6. The Morgan fingerprint density at radius 1 is 0.948 bits per heavy atom. The molecule has 9 unspecified atom stereocenters. The summed E-state index contributed by atoms with van der Waals surface area (Å²) in [6.07, 6.45) is 1.19. The zero-order valence-corrected chi connectivity index (χ0v) is 37.4. The van der Waals surface area contributed by atoms with Gasteiger partial charge >= 0.3 is 5.97 Å². The molecule has 14 nitrogen and oxygen atoms in total. The molecule has 9 atom stereocenters. The van der Waals surface area contributed by atoms with Crippen LogP contribution in [0.15, 0.2) is 35.7 Å². The summed E-state index contributed by atoms with van der Waals surface area (Å²) in [4.78, 5) is 77.3. The summed E-state index contributed by atoms with van der Waals surface area (Å²) < 4.78 is 12.0. The average molecular weight is 829 g/mol. The molecule has 0 aliphatic carbocycles. The molecular weight excluding hydrogens is 761 g/mol. The Labute approximate surface area is 349 Å². The van der Waals surface area contributed by atoms with E-state index in [1.807, 2.05) is 90.9 Å². The van der Waals surface area contributed by atoms with Gasteiger partial charge in [-0.3, -0.25) is 24.1 Å². The molecule has 1 saturated heterocycles. The number of carbonyl (C=O) groups excluding carboxylic acids is 4. The van der Waals surface area contributed by atoms with E-state index in [4.69, 9.17) is 9.47 Å². The van der Waals surface area contributed by atoms with E-state index in [9.17, 15) is 29.1 Å². The van der Waals surface area contributed by atoms with E-state index in [0.29, 0.717) is 24.4 Å². The number of hydrogen-bond donors (Lipinski definition) is 3. The van der Waals surface area contributed by atoms with Gasteiger partial charge in [0.05, 0.1) is 48.7 Å². The molecule has 0 radical (unpaired) electrons. The van der Waals surface area contributed by atoms with Crippen molar-refractivity contribution >= 4 is 40.9 Å². The smallest absolute Gasteiger partial charge is 0.355 e. The summed E-state index contributed by atoms with van der Waals surface area (Å²) in [5, 5.41) is 17.6. The molecule has 2 aromatic rings. The predicted molar refractivity (Wildman–Crippen MR) is 225 cm³/mol. The van der Waals surface area contributed by atoms with Gasteiger partial charge in [-0.05, 0) is 56.7 Å². The third-order valence-electron chi connectivity index (χ3n) is 11.6. The Kier molecular flexibility index (Phi) is 18.8. The second-order valence-electron chi connectivity index (χ2n) is 16.6. The largest absolute Gasteiger partial charge is 0.476 e. The minimum atomic E-state index is -1.14. The van der Waals surface area contributed by atoms with E-state index >= 15 is 0 Å². The molecule has 1 aliphatic rings. The van der Waals surface area contributed by atoms with Crippen LogP contribution in [-0.2, 0) is 35.1 Å². The van der Waals surface area contributed by atoms with Gasteiger partial charge in [0.15, 0.2) is 5.69 Å². The first-order valence-corrected chi connectivity index (χ1v) is 21.4. The van der Waals surface area contributed by atoms with Crippen molar-refractivity contribution in [3.05, 3.63) is 52.0 Å². The first-order chi connectivity index (χ1) is 27.4. The standard InChI is InChI=1S/C43H68N6O8S/c1-13-27(6)37(48(10)42(53)35(25(2)3)46-40(52)36(26(4)5)47(8)9)33(56-11)23-34(50)49-21-17-20-32(49)38(57-12)28(7)39(51)44-30(22-29-18-15-14-16-19-29)41-45-31(24-58-41)43(54)55/h14-16,18-19,24-28,30,32-33,35-38H,13,17,20-23H2,1-12H3,(H,44,51)(H,46,52)(H,54,55). The van der Waals surface area contributed by atoms with E-state index in [1.54, 1.807) is 38.0 Å². The first kappa shape index (κ1) is 48.4. The van der Waals surface area contributed by atoms with Crippen LogP contribution in [0.2, 0.25) is 0 Å². The summed E-state index contributed by atoms with van der Waals surface area (Å²) in [5.74, 6) is -2.94. The van der Waals surface area contributed by atoms with Crippen LogP contribution in [0.25, 0.3) is 0 Å². The number of aromatic nitrogens is 1. The van der Waals surface area contributed by atoms with E-state index in [1.165, 1.54) is 16.7 Å². The zero-order chi connectivity index (χ0) is 43.4. The lowest BCUT2D eigenvalue weighted by molar-refractivity contribution is -0.148. The van der Waals surface area contributed by atoms with Crippen LogP contribution in [-0.4, -0.2) is 133 Å². The van der Waals surface area contributed by atoms with Crippen molar-refractivity contribution in [1.82, 2.24) is 30.3 Å². The van der Waals surface area contributed by atoms with Crippen molar-refractivity contribution in [2.24, 2.45) is 23.7 Å². The van der Waals surface area contributed by atoms with Gasteiger partial charge in [0.25, 0.3) is 0 Å². The molecule has 1 aromatic heterocycles. The van der Waals surface area contributed by atoms with Crippen LogP contribution in [0, 0.1) is 23.7 Å². The lowest BCUT2D eigenvalue weighted by atomic mass is 9.89. The molecule has 2 heterocycles. The van der Waals surface area contributed by atoms with Gasteiger partial charge in [-0.2, -0.15) is 0 Å². The second kappa shape index (κ2) is 22.5. The number of rotatable bonds is 22. The Morgan fingerprint density at radius 2 is 1.60 bits per heavy atom. The van der Waals surface area contributed by atoms with Crippen LogP contribution >= 0.6 is 11.3 Å². The Hall–Kier alpha value is -3.92. The second-order valence-corrected chi connectivity index (χ2v) is 17.5. The van der Waals surface area contributed by atoms with Crippen molar-refractivity contribution in [3.8, 4) is 0 Å². The van der Waals surface area contributed by atoms with Gasteiger partial charge in [0.1, 0.15) is 11.0 Å². The van der Waals surface area contributed by atoms with Gasteiger partial charge in [-0.25, -0.2) is 9.78 Å². The maximum Gasteiger partial charge on any atom is 0.355 e. The minimum Gasteiger partial charge on any atom is -0.476 e. The number of carboxylic acids is 1. The molecule has 1 fully saturated rings. The number of likely N-dealkylation sites (N-methyl/N-ethyl adjacent to an activating group) is 2. The SMILES string of the molecule is CCC(C)C(C(CC(=O)N1CCCC1C(OC)C(C)C(=O)NC(Cc1ccccc1)c1nc(C(=O)O)cs1)OC)N(C)C(=O)C(NC(=O)C(C(C)C)N(C)C)C(C)C. The van der Waals surface area contributed by atoms with Gasteiger partial charge < -0.3 is 35.0 Å². The number of ether oxygens (including phenoxy) is 2. The van der Waals surface area contributed by atoms with E-state index < -0.39 is 54.3 Å². The topological polar surface area (TPSA) is 171 Å². The van der Waals surface area contributed by atoms with Crippen molar-refractivity contribution in [1.29, 1.82) is 0 Å². The molecule has 3 N–H and O–H groups in total. The number of likely N-dealkylation sites (tertiary alicyclic amines) is 1. The van der Waals surface area contributed by atoms with Gasteiger partial charge in [-0.1, -0.05) is 85.2 Å². The maximum absolute atomic E-state index is 14.3. The summed E-state index contributed by atoms with van der Waals surface area (Å²) in [6.45, 7) is 14.1. The average Bonchev–Trinajstić information content (AvgIpc) is 3.87. The van der Waals surface area contributed by atoms with E-state index in [0.717, 1.165) is 18.4 Å². The van der Waals surface area contributed by atoms with Crippen molar-refractivity contribution < 1.29 is 38.6 Å². The number of hydrogen-bond acceptors (Lipinski definition) is 10. The van der Waals surface area contributed by atoms with Crippen LogP contribution in [0.4, 0.5) is 0 Å². The number of nitrogens with one attached hydrogen (secondary N) is 2. The zero-order valence-electron chi connectivity index (χ0n) is 36.6. The monoisotopic (exact) mass is 828 g/mol. The molecule has 4 amide bonds. The number of amides is 4. The molecule has 0 spiro atoms. The number of carboxylic acid groups (broad SMARTS) is 1. The highest BCUT2D eigenvalue weighted by Gasteiger charge is 2.43. The molecule has 1 aliphatic heterocycles. The van der Waals surface area contributed by atoms with Crippen molar-refractivity contribution in [2.75, 3.05) is 41.9 Å². The molecule has 324 valence electrons. The fourth-order valence-corrected chi connectivity index (χ4v) is 9.15. The molecule has 3 rings (SSSR count). The number of nitrogens with zero attached hydrogens (tertiary/aromatic N) is 4. The Morgan fingerprint density at radius 3 is 2.12 bits per heavy atom. The lowest BCUT2D eigenvalue weighted by Gasteiger charge is -2.41. The number of benzene rings is 1. The highest BCUT2D eigenvalue weighted by molar-refractivity contribution is 7.09. The Bertz CT molecular complexity index is 1650.